The van der Waals surface area contributed by atoms with Gasteiger partial charge in [-0.15, -0.1) is 34.0 Å². The van der Waals surface area contributed by atoms with Crippen LogP contribution in [0.5, 0.6) is 0 Å². The Balaban J connectivity index is 2.09. The van der Waals surface area contributed by atoms with Crippen LogP contribution in [-0.2, 0) is 0 Å². The molecule has 4 aromatic rings. The normalized spacial score (nSPS) is 11.3. The zero-order valence-corrected chi connectivity index (χ0v) is 14.0. The highest BCUT2D eigenvalue weighted by Gasteiger charge is 2.17. The van der Waals surface area contributed by atoms with Crippen LogP contribution in [0.1, 0.15) is 9.75 Å². The van der Waals surface area contributed by atoms with E-state index in [9.17, 15) is 0 Å². The van der Waals surface area contributed by atoms with E-state index in [0.717, 1.165) is 22.4 Å². The van der Waals surface area contributed by atoms with E-state index in [0.29, 0.717) is 0 Å². The smallest absolute Gasteiger partial charge is 0.108 e. The molecular weight excluding hydrogens is 316 g/mol. The molecule has 4 rings (SSSR count). The predicted molar refractivity (Wildman–Crippen MR) is 93.5 cm³/mol. The summed E-state index contributed by atoms with van der Waals surface area (Å²) >= 11 is 5.20. The fraction of sp³-hybridized carbons (Fsp3) is 0.125. The van der Waals surface area contributed by atoms with Gasteiger partial charge >= 0.3 is 0 Å². The second kappa shape index (κ2) is 5.02. The first-order valence-electron chi connectivity index (χ1n) is 6.59. The van der Waals surface area contributed by atoms with Crippen molar-refractivity contribution in [1.82, 2.24) is 9.97 Å². The summed E-state index contributed by atoms with van der Waals surface area (Å²) in [6.45, 7) is 4.25. The highest BCUT2D eigenvalue weighted by Crippen LogP contribution is 2.38. The zero-order valence-electron chi connectivity index (χ0n) is 11.6. The van der Waals surface area contributed by atoms with E-state index in [-0.39, 0.29) is 0 Å². The number of aromatic nitrogens is 2. The van der Waals surface area contributed by atoms with Crippen LogP contribution >= 0.6 is 34.0 Å². The highest BCUT2D eigenvalue weighted by atomic mass is 32.1. The Labute approximate surface area is 134 Å². The fourth-order valence-electron chi connectivity index (χ4n) is 2.42. The average molecular weight is 328 g/mol. The molecule has 0 saturated heterocycles. The molecule has 0 saturated carbocycles. The maximum Gasteiger partial charge on any atom is 0.108 e. The fourth-order valence-corrected chi connectivity index (χ4v) is 4.79. The van der Waals surface area contributed by atoms with Crippen LogP contribution in [0.15, 0.2) is 35.0 Å². The molecule has 2 nitrogen and oxygen atoms in total. The first-order valence-corrected chi connectivity index (χ1v) is 9.17. The van der Waals surface area contributed by atoms with Gasteiger partial charge in [0.05, 0.1) is 9.75 Å². The van der Waals surface area contributed by atoms with Crippen molar-refractivity contribution < 1.29 is 0 Å². The lowest BCUT2D eigenvalue weighted by Crippen LogP contribution is -1.92. The molecule has 0 spiro atoms. The van der Waals surface area contributed by atoms with E-state index in [2.05, 4.69) is 48.9 Å². The standard InChI is InChI=1S/C16H12N2S3/c1-9-13-14(10(2)21-9)18-16(12-6-4-8-20-12)15(17-13)11-5-3-7-19-11/h3-8H,1-2H3. The molecule has 0 N–H and O–H groups in total. The minimum Gasteiger partial charge on any atom is -0.242 e. The Morgan fingerprint density at radius 2 is 1.24 bits per heavy atom. The number of fused-ring (bicyclic) bond motifs is 1. The van der Waals surface area contributed by atoms with Crippen LogP contribution in [0.2, 0.25) is 0 Å². The van der Waals surface area contributed by atoms with Crippen molar-refractivity contribution in [3.05, 3.63) is 44.8 Å². The second-order valence-corrected chi connectivity index (χ2v) is 8.11. The first-order chi connectivity index (χ1) is 10.2. The van der Waals surface area contributed by atoms with Gasteiger partial charge in [0, 0.05) is 9.75 Å². The summed E-state index contributed by atoms with van der Waals surface area (Å²) in [6, 6.07) is 8.37. The molecule has 0 radical (unpaired) electrons. The largest absolute Gasteiger partial charge is 0.242 e. The Morgan fingerprint density at radius 1 is 0.762 bits per heavy atom. The van der Waals surface area contributed by atoms with E-state index in [1.54, 1.807) is 34.0 Å². The number of hydrogen-bond acceptors (Lipinski definition) is 5. The number of nitrogens with zero attached hydrogens (tertiary/aromatic N) is 2. The van der Waals surface area contributed by atoms with Crippen molar-refractivity contribution in [3.63, 3.8) is 0 Å². The summed E-state index contributed by atoms with van der Waals surface area (Å²) in [6.07, 6.45) is 0. The summed E-state index contributed by atoms with van der Waals surface area (Å²) in [5.41, 5.74) is 4.09. The van der Waals surface area contributed by atoms with Gasteiger partial charge in [0.1, 0.15) is 22.4 Å². The lowest BCUT2D eigenvalue weighted by molar-refractivity contribution is 1.31. The van der Waals surface area contributed by atoms with Crippen LogP contribution in [0.3, 0.4) is 0 Å². The maximum absolute atomic E-state index is 4.96. The highest BCUT2D eigenvalue weighted by molar-refractivity contribution is 7.14. The summed E-state index contributed by atoms with van der Waals surface area (Å²) in [4.78, 5) is 14.8. The van der Waals surface area contributed by atoms with Gasteiger partial charge in [-0.05, 0) is 36.7 Å². The third kappa shape index (κ3) is 2.12. The number of thiophene rings is 3. The van der Waals surface area contributed by atoms with Crippen molar-refractivity contribution in [2.24, 2.45) is 0 Å². The summed E-state index contributed by atoms with van der Waals surface area (Å²) < 4.78 is 0. The molecule has 0 bridgehead atoms. The molecule has 0 fully saturated rings. The second-order valence-electron chi connectivity index (χ2n) is 4.79. The zero-order chi connectivity index (χ0) is 14.4. The molecule has 0 amide bonds. The van der Waals surface area contributed by atoms with Crippen LogP contribution in [-0.4, -0.2) is 9.97 Å². The molecule has 104 valence electrons. The van der Waals surface area contributed by atoms with Crippen molar-refractivity contribution in [2.45, 2.75) is 13.8 Å². The molecular formula is C16H12N2S3. The van der Waals surface area contributed by atoms with E-state index in [4.69, 9.17) is 9.97 Å². The lowest BCUT2D eigenvalue weighted by Gasteiger charge is -2.06. The molecule has 0 aliphatic carbocycles. The molecule has 0 unspecified atom stereocenters. The van der Waals surface area contributed by atoms with E-state index >= 15 is 0 Å². The van der Waals surface area contributed by atoms with Crippen LogP contribution in [0.4, 0.5) is 0 Å². The van der Waals surface area contributed by atoms with Crippen molar-refractivity contribution in [1.29, 1.82) is 0 Å². The van der Waals surface area contributed by atoms with Gasteiger partial charge in [0.2, 0.25) is 0 Å². The molecule has 0 aliphatic heterocycles. The maximum atomic E-state index is 4.96. The van der Waals surface area contributed by atoms with E-state index in [1.165, 1.54) is 19.5 Å². The molecule has 0 atom stereocenters. The molecule has 21 heavy (non-hydrogen) atoms. The van der Waals surface area contributed by atoms with Gasteiger partial charge in [0.15, 0.2) is 0 Å². The topological polar surface area (TPSA) is 25.8 Å². The molecule has 0 aromatic carbocycles. The van der Waals surface area contributed by atoms with Gasteiger partial charge in [-0.3, -0.25) is 0 Å². The Morgan fingerprint density at radius 3 is 1.62 bits per heavy atom. The molecule has 0 aliphatic rings. The molecule has 4 heterocycles. The van der Waals surface area contributed by atoms with Crippen LogP contribution < -0.4 is 0 Å². The minimum atomic E-state index is 1.00. The summed E-state index contributed by atoms with van der Waals surface area (Å²) in [5, 5.41) is 4.18. The summed E-state index contributed by atoms with van der Waals surface area (Å²) in [5.74, 6) is 0. The Bertz CT molecular complexity index is 829. The number of hydrogen-bond donors (Lipinski definition) is 0. The molecule has 5 heteroatoms. The van der Waals surface area contributed by atoms with Gasteiger partial charge < -0.3 is 0 Å². The van der Waals surface area contributed by atoms with Gasteiger partial charge in [-0.2, -0.15) is 0 Å². The van der Waals surface area contributed by atoms with Crippen LogP contribution in [0, 0.1) is 13.8 Å². The monoisotopic (exact) mass is 328 g/mol. The average Bonchev–Trinajstić information content (AvgIpc) is 3.21. The minimum absolute atomic E-state index is 1.00. The first kappa shape index (κ1) is 13.1. The van der Waals surface area contributed by atoms with Crippen molar-refractivity contribution in [2.75, 3.05) is 0 Å². The Hall–Kier alpha value is -1.56. The third-order valence-corrected chi connectivity index (χ3v) is 6.13. The lowest BCUT2D eigenvalue weighted by atomic mass is 10.2. The van der Waals surface area contributed by atoms with Gasteiger partial charge in [-0.25, -0.2) is 9.97 Å². The van der Waals surface area contributed by atoms with Gasteiger partial charge in [-0.1, -0.05) is 12.1 Å². The van der Waals surface area contributed by atoms with Gasteiger partial charge in [0.25, 0.3) is 0 Å². The Kier molecular flexibility index (Phi) is 3.14. The molecule has 4 aromatic heterocycles. The quantitative estimate of drug-likeness (QED) is 0.467. The van der Waals surface area contributed by atoms with E-state index < -0.39 is 0 Å². The number of aryl methyl sites for hydroxylation is 2. The van der Waals surface area contributed by atoms with Crippen molar-refractivity contribution in [3.8, 4) is 21.1 Å². The van der Waals surface area contributed by atoms with E-state index in [1.807, 2.05) is 0 Å². The van der Waals surface area contributed by atoms with Crippen molar-refractivity contribution >= 4 is 45.0 Å². The summed E-state index contributed by atoms with van der Waals surface area (Å²) in [7, 11) is 0. The SMILES string of the molecule is Cc1sc(C)c2nc(-c3cccs3)c(-c3cccs3)nc12. The third-order valence-electron chi connectivity index (χ3n) is 3.38. The number of rotatable bonds is 2. The predicted octanol–water partition coefficient (Wildman–Crippen LogP) is 5.77. The van der Waals surface area contributed by atoms with Crippen LogP contribution in [0.25, 0.3) is 32.2 Å².